The highest BCUT2D eigenvalue weighted by Crippen LogP contribution is 2.22. The highest BCUT2D eigenvalue weighted by atomic mass is 15.3. The van der Waals surface area contributed by atoms with Crippen molar-refractivity contribution >= 4 is 5.95 Å². The Balaban J connectivity index is 1.94. The van der Waals surface area contributed by atoms with Gasteiger partial charge in [0, 0.05) is 31.7 Å². The van der Waals surface area contributed by atoms with Gasteiger partial charge in [0.1, 0.15) is 0 Å². The molecule has 92 valence electrons. The fourth-order valence-corrected chi connectivity index (χ4v) is 2.75. The molecule has 0 aliphatic carbocycles. The summed E-state index contributed by atoms with van der Waals surface area (Å²) in [6.07, 6.45) is 4.91. The molecule has 1 aromatic heterocycles. The van der Waals surface area contributed by atoms with E-state index in [1.807, 2.05) is 0 Å². The van der Waals surface area contributed by atoms with Gasteiger partial charge in [0.25, 0.3) is 0 Å². The van der Waals surface area contributed by atoms with Crippen LogP contribution in [0.15, 0.2) is 0 Å². The van der Waals surface area contributed by atoms with Crippen molar-refractivity contribution in [3.63, 3.8) is 0 Å². The monoisotopic (exact) mass is 232 g/mol. The zero-order chi connectivity index (χ0) is 11.7. The van der Waals surface area contributed by atoms with Crippen molar-refractivity contribution in [3.05, 3.63) is 17.0 Å². The lowest BCUT2D eigenvalue weighted by Crippen LogP contribution is -2.31. The molecule has 0 radical (unpaired) electrons. The molecule has 0 bridgehead atoms. The summed E-state index contributed by atoms with van der Waals surface area (Å²) in [5.41, 5.74) is 3.80. The first kappa shape index (κ1) is 11.0. The van der Waals surface area contributed by atoms with E-state index in [2.05, 4.69) is 17.1 Å². The van der Waals surface area contributed by atoms with Gasteiger partial charge in [0.15, 0.2) is 0 Å². The number of hydrogen-bond donors (Lipinski definition) is 1. The highest BCUT2D eigenvalue weighted by molar-refractivity contribution is 5.39. The minimum absolute atomic E-state index is 0.908. The molecule has 17 heavy (non-hydrogen) atoms. The number of piperidine rings is 1. The van der Waals surface area contributed by atoms with E-state index >= 15 is 0 Å². The Bertz CT molecular complexity index is 410. The molecular weight excluding hydrogens is 212 g/mol. The smallest absolute Gasteiger partial charge is 0.225 e. The minimum atomic E-state index is 0.908. The van der Waals surface area contributed by atoms with Gasteiger partial charge in [-0.15, -0.1) is 0 Å². The van der Waals surface area contributed by atoms with Crippen LogP contribution in [0.1, 0.15) is 43.1 Å². The Morgan fingerprint density at radius 2 is 1.94 bits per heavy atom. The number of rotatable bonds is 2. The number of fused-ring (bicyclic) bond motifs is 1. The van der Waals surface area contributed by atoms with Crippen LogP contribution in [0, 0.1) is 0 Å². The van der Waals surface area contributed by atoms with Crippen molar-refractivity contribution < 1.29 is 0 Å². The van der Waals surface area contributed by atoms with Crippen LogP contribution in [-0.4, -0.2) is 23.1 Å². The summed E-state index contributed by atoms with van der Waals surface area (Å²) < 4.78 is 0. The Hall–Kier alpha value is -1.16. The third-order valence-corrected chi connectivity index (χ3v) is 3.73. The van der Waals surface area contributed by atoms with E-state index in [-0.39, 0.29) is 0 Å². The number of anilines is 1. The molecule has 0 amide bonds. The van der Waals surface area contributed by atoms with E-state index < -0.39 is 0 Å². The van der Waals surface area contributed by atoms with Crippen LogP contribution in [0.2, 0.25) is 0 Å². The SMILES string of the molecule is CCc1nc(N2CCCCC2)nc2c1CNC2. The van der Waals surface area contributed by atoms with Crippen molar-refractivity contribution in [1.29, 1.82) is 0 Å². The first-order valence-electron chi connectivity index (χ1n) is 6.73. The van der Waals surface area contributed by atoms with E-state index in [9.17, 15) is 0 Å². The second-order valence-electron chi connectivity index (χ2n) is 4.90. The lowest BCUT2D eigenvalue weighted by atomic mass is 10.1. The first-order chi connectivity index (χ1) is 8.38. The largest absolute Gasteiger partial charge is 0.341 e. The van der Waals surface area contributed by atoms with Gasteiger partial charge >= 0.3 is 0 Å². The van der Waals surface area contributed by atoms with Gasteiger partial charge in [-0.2, -0.15) is 0 Å². The van der Waals surface area contributed by atoms with Crippen LogP contribution < -0.4 is 10.2 Å². The molecule has 2 aliphatic rings. The summed E-state index contributed by atoms with van der Waals surface area (Å²) in [4.78, 5) is 11.8. The maximum atomic E-state index is 4.76. The molecule has 4 nitrogen and oxygen atoms in total. The van der Waals surface area contributed by atoms with Crippen molar-refractivity contribution in [2.45, 2.75) is 45.7 Å². The molecule has 3 heterocycles. The first-order valence-corrected chi connectivity index (χ1v) is 6.73. The molecule has 2 aliphatic heterocycles. The van der Waals surface area contributed by atoms with E-state index in [4.69, 9.17) is 9.97 Å². The highest BCUT2D eigenvalue weighted by Gasteiger charge is 2.21. The van der Waals surface area contributed by atoms with Crippen molar-refractivity contribution in [3.8, 4) is 0 Å². The molecule has 0 saturated carbocycles. The van der Waals surface area contributed by atoms with E-state index in [0.29, 0.717) is 0 Å². The summed E-state index contributed by atoms with van der Waals surface area (Å²) >= 11 is 0. The van der Waals surface area contributed by atoms with Gasteiger partial charge in [-0.3, -0.25) is 0 Å². The topological polar surface area (TPSA) is 41.1 Å². The standard InChI is InChI=1S/C13H20N4/c1-2-11-10-8-14-9-12(10)16-13(15-11)17-6-4-3-5-7-17/h14H,2-9H2,1H3. The maximum Gasteiger partial charge on any atom is 0.225 e. The molecule has 0 atom stereocenters. The van der Waals surface area contributed by atoms with Crippen LogP contribution in [0.5, 0.6) is 0 Å². The Labute approximate surface area is 102 Å². The van der Waals surface area contributed by atoms with Gasteiger partial charge in [0.05, 0.1) is 11.4 Å². The van der Waals surface area contributed by atoms with Crippen LogP contribution in [0.3, 0.4) is 0 Å². The molecule has 4 heteroatoms. The van der Waals surface area contributed by atoms with Crippen LogP contribution in [0.4, 0.5) is 5.95 Å². The molecule has 0 aromatic carbocycles. The third kappa shape index (κ3) is 2.02. The van der Waals surface area contributed by atoms with Crippen LogP contribution >= 0.6 is 0 Å². The average Bonchev–Trinajstić information content (AvgIpc) is 2.86. The predicted molar refractivity (Wildman–Crippen MR) is 68.0 cm³/mol. The fraction of sp³-hybridized carbons (Fsp3) is 0.692. The van der Waals surface area contributed by atoms with E-state index in [1.54, 1.807) is 0 Å². The lowest BCUT2D eigenvalue weighted by molar-refractivity contribution is 0.566. The number of hydrogen-bond acceptors (Lipinski definition) is 4. The summed E-state index contributed by atoms with van der Waals surface area (Å²) in [7, 11) is 0. The Morgan fingerprint density at radius 3 is 2.71 bits per heavy atom. The quantitative estimate of drug-likeness (QED) is 0.841. The lowest BCUT2D eigenvalue weighted by Gasteiger charge is -2.27. The summed E-state index contributed by atoms with van der Waals surface area (Å²) in [5, 5.41) is 3.37. The van der Waals surface area contributed by atoms with Crippen molar-refractivity contribution in [2.75, 3.05) is 18.0 Å². The van der Waals surface area contributed by atoms with Gasteiger partial charge < -0.3 is 10.2 Å². The van der Waals surface area contributed by atoms with E-state index in [1.165, 1.54) is 36.2 Å². The summed E-state index contributed by atoms with van der Waals surface area (Å²) in [6.45, 7) is 6.27. The maximum absolute atomic E-state index is 4.76. The molecule has 0 unspecified atom stereocenters. The number of aromatic nitrogens is 2. The third-order valence-electron chi connectivity index (χ3n) is 3.73. The Kier molecular flexibility index (Phi) is 2.97. The van der Waals surface area contributed by atoms with Gasteiger partial charge in [0.2, 0.25) is 5.95 Å². The van der Waals surface area contributed by atoms with Gasteiger partial charge in [-0.1, -0.05) is 6.92 Å². The summed E-state index contributed by atoms with van der Waals surface area (Å²) in [6, 6.07) is 0. The average molecular weight is 232 g/mol. The molecule has 1 fully saturated rings. The molecular formula is C13H20N4. The molecule has 1 saturated heterocycles. The van der Waals surface area contributed by atoms with Gasteiger partial charge in [-0.05, 0) is 25.7 Å². The second kappa shape index (κ2) is 4.61. The fourth-order valence-electron chi connectivity index (χ4n) is 2.75. The van der Waals surface area contributed by atoms with Crippen LogP contribution in [-0.2, 0) is 19.5 Å². The predicted octanol–water partition coefficient (Wildman–Crippen LogP) is 1.63. The van der Waals surface area contributed by atoms with Crippen molar-refractivity contribution in [2.24, 2.45) is 0 Å². The number of nitrogens with one attached hydrogen (secondary N) is 1. The Morgan fingerprint density at radius 1 is 1.12 bits per heavy atom. The number of nitrogens with zero attached hydrogens (tertiary/aromatic N) is 3. The molecule has 3 rings (SSSR count). The summed E-state index contributed by atoms with van der Waals surface area (Å²) in [5.74, 6) is 0.962. The van der Waals surface area contributed by atoms with Gasteiger partial charge in [-0.25, -0.2) is 9.97 Å². The second-order valence-corrected chi connectivity index (χ2v) is 4.90. The number of aryl methyl sites for hydroxylation is 1. The normalized spacial score (nSPS) is 19.5. The minimum Gasteiger partial charge on any atom is -0.341 e. The molecule has 0 spiro atoms. The zero-order valence-corrected chi connectivity index (χ0v) is 10.5. The van der Waals surface area contributed by atoms with E-state index in [0.717, 1.165) is 38.5 Å². The zero-order valence-electron chi connectivity index (χ0n) is 10.5. The van der Waals surface area contributed by atoms with Crippen LogP contribution in [0.25, 0.3) is 0 Å². The molecule has 1 aromatic rings. The van der Waals surface area contributed by atoms with Crippen molar-refractivity contribution in [1.82, 2.24) is 15.3 Å². The molecule has 1 N–H and O–H groups in total.